The number of nitrogens with zero attached hydrogens (tertiary/aromatic N) is 1. The molecule has 0 spiro atoms. The van der Waals surface area contributed by atoms with E-state index in [1.165, 1.54) is 4.70 Å². The molecule has 1 aromatic carbocycles. The van der Waals surface area contributed by atoms with Crippen LogP contribution < -0.4 is 5.32 Å². The Hall–Kier alpha value is -0.800. The Kier molecular flexibility index (Phi) is 3.66. The Morgan fingerprint density at radius 3 is 3.00 bits per heavy atom. The molecule has 1 aromatic heterocycles. The van der Waals surface area contributed by atoms with Crippen LogP contribution in [0.3, 0.4) is 0 Å². The van der Waals surface area contributed by atoms with Crippen LogP contribution in [-0.4, -0.2) is 11.5 Å². The second kappa shape index (κ2) is 5.02. The molecule has 0 saturated carbocycles. The maximum atomic E-state index is 6.18. The molecule has 4 heteroatoms. The number of anilines is 1. The number of benzene rings is 1. The molecule has 1 N–H and O–H groups in total. The first-order valence-corrected chi connectivity index (χ1v) is 6.70. The van der Waals surface area contributed by atoms with E-state index >= 15 is 0 Å². The quantitative estimate of drug-likeness (QED) is 0.874. The molecule has 86 valence electrons. The molecule has 0 amide bonds. The van der Waals surface area contributed by atoms with Gasteiger partial charge in [-0.25, -0.2) is 4.98 Å². The van der Waals surface area contributed by atoms with Gasteiger partial charge in [0.05, 0.1) is 20.9 Å². The monoisotopic (exact) mass is 254 g/mol. The van der Waals surface area contributed by atoms with Crippen LogP contribution in [0.4, 0.5) is 5.69 Å². The fourth-order valence-corrected chi connectivity index (χ4v) is 2.46. The fraction of sp³-hybridized carbons (Fsp3) is 0.417. The van der Waals surface area contributed by atoms with E-state index in [1.54, 1.807) is 11.3 Å². The van der Waals surface area contributed by atoms with Gasteiger partial charge in [-0.15, -0.1) is 11.3 Å². The number of fused-ring (bicyclic) bond motifs is 1. The number of hydrogen-bond donors (Lipinski definition) is 1. The Balaban J connectivity index is 2.21. The standard InChI is InChI=1S/C12H15ClN2S/c1-8(2)5-6-14-11-9(13)3-4-10-12(11)15-7-16-10/h3-4,7-8,14H,5-6H2,1-2H3. The fourth-order valence-electron chi connectivity index (χ4n) is 1.56. The van der Waals surface area contributed by atoms with E-state index in [9.17, 15) is 0 Å². The lowest BCUT2D eigenvalue weighted by molar-refractivity contribution is 0.607. The Bertz CT molecular complexity index is 479. The third kappa shape index (κ3) is 2.47. The highest BCUT2D eigenvalue weighted by Crippen LogP contribution is 2.32. The zero-order valence-electron chi connectivity index (χ0n) is 9.46. The predicted molar refractivity (Wildman–Crippen MR) is 72.6 cm³/mol. The summed E-state index contributed by atoms with van der Waals surface area (Å²) in [7, 11) is 0. The van der Waals surface area contributed by atoms with Crippen molar-refractivity contribution in [2.45, 2.75) is 20.3 Å². The van der Waals surface area contributed by atoms with Crippen LogP contribution in [0, 0.1) is 5.92 Å². The van der Waals surface area contributed by atoms with E-state index in [4.69, 9.17) is 11.6 Å². The first-order chi connectivity index (χ1) is 7.68. The Labute approximate surface area is 105 Å². The van der Waals surface area contributed by atoms with E-state index in [0.29, 0.717) is 5.92 Å². The van der Waals surface area contributed by atoms with Gasteiger partial charge in [0.2, 0.25) is 0 Å². The molecule has 0 radical (unpaired) electrons. The smallest absolute Gasteiger partial charge is 0.106 e. The summed E-state index contributed by atoms with van der Waals surface area (Å²) in [5.41, 5.74) is 3.82. The second-order valence-corrected chi connectivity index (χ2v) is 5.52. The molecule has 0 aliphatic heterocycles. The molecule has 0 aliphatic rings. The van der Waals surface area contributed by atoms with Crippen LogP contribution in [0.2, 0.25) is 5.02 Å². The first kappa shape index (κ1) is 11.7. The lowest BCUT2D eigenvalue weighted by Gasteiger charge is -2.10. The Morgan fingerprint density at radius 2 is 2.25 bits per heavy atom. The topological polar surface area (TPSA) is 24.9 Å². The highest BCUT2D eigenvalue weighted by atomic mass is 35.5. The molecule has 0 bridgehead atoms. The number of hydrogen-bond acceptors (Lipinski definition) is 3. The molecule has 0 unspecified atom stereocenters. The average Bonchev–Trinajstić information content (AvgIpc) is 2.69. The number of halogens is 1. The van der Waals surface area contributed by atoms with Crippen molar-refractivity contribution >= 4 is 38.8 Å². The van der Waals surface area contributed by atoms with Gasteiger partial charge in [0.15, 0.2) is 0 Å². The molecule has 0 atom stereocenters. The van der Waals surface area contributed by atoms with E-state index in [2.05, 4.69) is 24.1 Å². The molecule has 2 rings (SSSR count). The summed E-state index contributed by atoms with van der Waals surface area (Å²) in [4.78, 5) is 4.35. The van der Waals surface area contributed by atoms with Gasteiger partial charge in [0.25, 0.3) is 0 Å². The van der Waals surface area contributed by atoms with Gasteiger partial charge >= 0.3 is 0 Å². The number of nitrogens with one attached hydrogen (secondary N) is 1. The summed E-state index contributed by atoms with van der Waals surface area (Å²) in [5.74, 6) is 0.695. The van der Waals surface area contributed by atoms with Gasteiger partial charge in [0, 0.05) is 6.54 Å². The van der Waals surface area contributed by atoms with E-state index in [1.807, 2.05) is 17.6 Å². The van der Waals surface area contributed by atoms with Crippen molar-refractivity contribution in [1.82, 2.24) is 4.98 Å². The lowest BCUT2D eigenvalue weighted by atomic mass is 10.1. The minimum Gasteiger partial charge on any atom is -0.382 e. The maximum absolute atomic E-state index is 6.18. The summed E-state index contributed by atoms with van der Waals surface area (Å²) in [6, 6.07) is 3.95. The van der Waals surface area contributed by atoms with Gasteiger partial charge in [-0.3, -0.25) is 0 Å². The molecule has 0 saturated heterocycles. The summed E-state index contributed by atoms with van der Waals surface area (Å²) < 4.78 is 1.18. The van der Waals surface area contributed by atoms with Crippen LogP contribution in [0.1, 0.15) is 20.3 Å². The highest BCUT2D eigenvalue weighted by molar-refractivity contribution is 7.16. The zero-order chi connectivity index (χ0) is 11.5. The van der Waals surface area contributed by atoms with Gasteiger partial charge in [-0.05, 0) is 24.5 Å². The van der Waals surface area contributed by atoms with Gasteiger partial charge in [-0.2, -0.15) is 0 Å². The minimum absolute atomic E-state index is 0.695. The number of thiazole rings is 1. The maximum Gasteiger partial charge on any atom is 0.106 e. The van der Waals surface area contributed by atoms with Crippen molar-refractivity contribution in [2.24, 2.45) is 5.92 Å². The van der Waals surface area contributed by atoms with Gasteiger partial charge in [-0.1, -0.05) is 25.4 Å². The average molecular weight is 255 g/mol. The third-order valence-electron chi connectivity index (χ3n) is 2.48. The molecule has 16 heavy (non-hydrogen) atoms. The summed E-state index contributed by atoms with van der Waals surface area (Å²) in [6.45, 7) is 5.37. The van der Waals surface area contributed by atoms with Crippen molar-refractivity contribution in [3.63, 3.8) is 0 Å². The lowest BCUT2D eigenvalue weighted by Crippen LogP contribution is -2.05. The molecular formula is C12H15ClN2S. The van der Waals surface area contributed by atoms with Crippen molar-refractivity contribution in [3.05, 3.63) is 22.7 Å². The second-order valence-electron chi connectivity index (χ2n) is 4.23. The highest BCUT2D eigenvalue weighted by Gasteiger charge is 2.08. The summed E-state index contributed by atoms with van der Waals surface area (Å²) in [6.07, 6.45) is 1.14. The van der Waals surface area contributed by atoms with Gasteiger partial charge in [0.1, 0.15) is 5.52 Å². The van der Waals surface area contributed by atoms with Crippen LogP contribution in [-0.2, 0) is 0 Å². The Morgan fingerprint density at radius 1 is 1.44 bits per heavy atom. The largest absolute Gasteiger partial charge is 0.382 e. The van der Waals surface area contributed by atoms with E-state index < -0.39 is 0 Å². The minimum atomic E-state index is 0.695. The number of rotatable bonds is 4. The van der Waals surface area contributed by atoms with Crippen molar-refractivity contribution in [1.29, 1.82) is 0 Å². The molecule has 1 heterocycles. The molecule has 0 fully saturated rings. The van der Waals surface area contributed by atoms with E-state index in [-0.39, 0.29) is 0 Å². The van der Waals surface area contributed by atoms with Crippen molar-refractivity contribution in [3.8, 4) is 0 Å². The molecule has 2 nitrogen and oxygen atoms in total. The SMILES string of the molecule is CC(C)CCNc1c(Cl)ccc2scnc12. The van der Waals surface area contributed by atoms with Crippen LogP contribution in [0.5, 0.6) is 0 Å². The zero-order valence-corrected chi connectivity index (χ0v) is 11.0. The summed E-state index contributed by atoms with van der Waals surface area (Å²) >= 11 is 7.82. The summed E-state index contributed by atoms with van der Waals surface area (Å²) in [5, 5.41) is 4.14. The normalized spacial score (nSPS) is 11.2. The van der Waals surface area contributed by atoms with Crippen LogP contribution in [0.25, 0.3) is 10.2 Å². The van der Waals surface area contributed by atoms with Crippen LogP contribution in [0.15, 0.2) is 17.6 Å². The van der Waals surface area contributed by atoms with Crippen molar-refractivity contribution < 1.29 is 0 Å². The first-order valence-electron chi connectivity index (χ1n) is 5.44. The molecular weight excluding hydrogens is 240 g/mol. The third-order valence-corrected chi connectivity index (χ3v) is 3.58. The molecule has 0 aliphatic carbocycles. The molecule has 2 aromatic rings. The predicted octanol–water partition coefficient (Wildman–Crippen LogP) is 4.41. The number of aromatic nitrogens is 1. The van der Waals surface area contributed by atoms with E-state index in [0.717, 1.165) is 29.2 Å². The van der Waals surface area contributed by atoms with Gasteiger partial charge < -0.3 is 5.32 Å². The van der Waals surface area contributed by atoms with Crippen LogP contribution >= 0.6 is 22.9 Å². The van der Waals surface area contributed by atoms with Crippen molar-refractivity contribution in [2.75, 3.05) is 11.9 Å².